The summed E-state index contributed by atoms with van der Waals surface area (Å²) in [7, 11) is 1.61. The lowest BCUT2D eigenvalue weighted by atomic mass is 9.86. The second-order valence-corrected chi connectivity index (χ2v) is 5.49. The Morgan fingerprint density at radius 3 is 2.40 bits per heavy atom. The van der Waals surface area contributed by atoms with Crippen LogP contribution in [0.4, 0.5) is 4.39 Å². The minimum absolute atomic E-state index is 0.331. The Morgan fingerprint density at radius 2 is 1.85 bits per heavy atom. The number of methoxy groups -OCH3 is 1. The van der Waals surface area contributed by atoms with Crippen LogP contribution in [0.15, 0.2) is 42.5 Å². The molecule has 0 saturated carbocycles. The fourth-order valence-electron chi connectivity index (χ4n) is 2.13. The number of benzene rings is 2. The number of ether oxygens (including phenoxy) is 1. The Bertz CT molecular complexity index is 596. The van der Waals surface area contributed by atoms with E-state index in [1.54, 1.807) is 19.2 Å². The highest BCUT2D eigenvalue weighted by atomic mass is 35.5. The fraction of sp³-hybridized carbons (Fsp3) is 0.250. The highest BCUT2D eigenvalue weighted by Gasteiger charge is 2.23. The van der Waals surface area contributed by atoms with Crippen LogP contribution in [0, 0.1) is 5.82 Å². The molecule has 4 heteroatoms. The summed E-state index contributed by atoms with van der Waals surface area (Å²) in [4.78, 5) is 0. The largest absolute Gasteiger partial charge is 0.497 e. The van der Waals surface area contributed by atoms with Gasteiger partial charge in [0.15, 0.2) is 0 Å². The average molecular weight is 294 g/mol. The number of rotatable bonds is 4. The zero-order valence-corrected chi connectivity index (χ0v) is 12.2. The lowest BCUT2D eigenvalue weighted by molar-refractivity contribution is 0.413. The predicted molar refractivity (Wildman–Crippen MR) is 79.6 cm³/mol. The van der Waals surface area contributed by atoms with Gasteiger partial charge in [0.05, 0.1) is 7.11 Å². The number of hydrogen-bond acceptors (Lipinski definition) is 2. The van der Waals surface area contributed by atoms with E-state index in [1.807, 2.05) is 31.2 Å². The molecule has 2 nitrogen and oxygen atoms in total. The van der Waals surface area contributed by atoms with Crippen molar-refractivity contribution in [3.05, 3.63) is 64.4 Å². The predicted octanol–water partition coefficient (Wildman–Crippen LogP) is 3.90. The molecule has 0 aliphatic rings. The molecule has 106 valence electrons. The van der Waals surface area contributed by atoms with Gasteiger partial charge in [-0.3, -0.25) is 0 Å². The molecule has 0 radical (unpaired) electrons. The molecular weight excluding hydrogens is 277 g/mol. The van der Waals surface area contributed by atoms with Gasteiger partial charge in [0.1, 0.15) is 11.6 Å². The van der Waals surface area contributed by atoms with Crippen LogP contribution in [-0.2, 0) is 12.0 Å². The number of halogens is 2. The van der Waals surface area contributed by atoms with Gasteiger partial charge in [0.25, 0.3) is 0 Å². The Labute approximate surface area is 123 Å². The van der Waals surface area contributed by atoms with Crippen LogP contribution in [0.3, 0.4) is 0 Å². The first-order chi connectivity index (χ1) is 9.42. The minimum atomic E-state index is -0.666. The molecule has 0 aromatic heterocycles. The Morgan fingerprint density at radius 1 is 1.20 bits per heavy atom. The van der Waals surface area contributed by atoms with Crippen molar-refractivity contribution in [3.8, 4) is 5.75 Å². The normalized spacial score (nSPS) is 13.8. The Kier molecular flexibility index (Phi) is 4.31. The molecule has 0 spiro atoms. The maximum atomic E-state index is 13.9. The van der Waals surface area contributed by atoms with Crippen LogP contribution in [0.5, 0.6) is 5.75 Å². The van der Waals surface area contributed by atoms with E-state index in [-0.39, 0.29) is 5.82 Å². The van der Waals surface area contributed by atoms with Crippen molar-refractivity contribution < 1.29 is 9.13 Å². The molecule has 1 unspecified atom stereocenters. The molecule has 0 bridgehead atoms. The van der Waals surface area contributed by atoms with Gasteiger partial charge in [0.2, 0.25) is 0 Å². The van der Waals surface area contributed by atoms with E-state index < -0.39 is 5.54 Å². The minimum Gasteiger partial charge on any atom is -0.497 e. The average Bonchev–Trinajstić information content (AvgIpc) is 2.42. The van der Waals surface area contributed by atoms with Gasteiger partial charge in [0, 0.05) is 10.6 Å². The third-order valence-corrected chi connectivity index (χ3v) is 3.56. The quantitative estimate of drug-likeness (QED) is 0.928. The topological polar surface area (TPSA) is 35.2 Å². The van der Waals surface area contributed by atoms with Gasteiger partial charge < -0.3 is 10.5 Å². The van der Waals surface area contributed by atoms with Crippen LogP contribution in [-0.4, -0.2) is 7.11 Å². The highest BCUT2D eigenvalue weighted by Crippen LogP contribution is 2.26. The molecule has 0 aliphatic carbocycles. The summed E-state index contributed by atoms with van der Waals surface area (Å²) in [5.74, 6) is 0.435. The molecule has 2 N–H and O–H groups in total. The molecule has 0 heterocycles. The van der Waals surface area contributed by atoms with E-state index in [9.17, 15) is 4.39 Å². The Balaban J connectivity index is 2.25. The summed E-state index contributed by atoms with van der Waals surface area (Å²) >= 11 is 5.75. The summed E-state index contributed by atoms with van der Waals surface area (Å²) < 4.78 is 19.0. The molecule has 2 rings (SSSR count). The van der Waals surface area contributed by atoms with Crippen LogP contribution in [0.1, 0.15) is 18.1 Å². The standard InChI is InChI=1S/C16H17ClFNO/c1-16(19,12-4-7-14(20-2)8-5-12)10-11-3-6-13(17)9-15(11)18/h3-9H,10,19H2,1-2H3. The van der Waals surface area contributed by atoms with E-state index in [1.165, 1.54) is 6.07 Å². The molecule has 2 aromatic carbocycles. The third-order valence-electron chi connectivity index (χ3n) is 3.32. The SMILES string of the molecule is COc1ccc(C(C)(N)Cc2ccc(Cl)cc2F)cc1. The van der Waals surface area contributed by atoms with Crippen molar-refractivity contribution in [1.29, 1.82) is 0 Å². The Hall–Kier alpha value is -1.58. The maximum Gasteiger partial charge on any atom is 0.127 e. The van der Waals surface area contributed by atoms with Crippen molar-refractivity contribution in [2.45, 2.75) is 18.9 Å². The molecule has 0 amide bonds. The van der Waals surface area contributed by atoms with Gasteiger partial charge in [-0.1, -0.05) is 29.8 Å². The van der Waals surface area contributed by atoms with Crippen LogP contribution in [0.2, 0.25) is 5.02 Å². The van der Waals surface area contributed by atoms with Crippen LogP contribution in [0.25, 0.3) is 0 Å². The van der Waals surface area contributed by atoms with Gasteiger partial charge in [-0.25, -0.2) is 4.39 Å². The van der Waals surface area contributed by atoms with Gasteiger partial charge in [-0.05, 0) is 48.7 Å². The summed E-state index contributed by atoms with van der Waals surface area (Å²) in [5, 5.41) is 0.384. The first-order valence-corrected chi connectivity index (χ1v) is 6.67. The second kappa shape index (κ2) is 5.81. The van der Waals surface area contributed by atoms with Gasteiger partial charge in [-0.15, -0.1) is 0 Å². The van der Waals surface area contributed by atoms with E-state index >= 15 is 0 Å². The van der Waals surface area contributed by atoms with Crippen molar-refractivity contribution in [3.63, 3.8) is 0 Å². The zero-order valence-electron chi connectivity index (χ0n) is 11.5. The van der Waals surface area contributed by atoms with Crippen LogP contribution >= 0.6 is 11.6 Å². The van der Waals surface area contributed by atoms with E-state index in [0.717, 1.165) is 11.3 Å². The molecule has 1 atom stereocenters. The molecule has 0 fully saturated rings. The number of nitrogens with two attached hydrogens (primary N) is 1. The van der Waals surface area contributed by atoms with E-state index in [4.69, 9.17) is 22.1 Å². The lowest BCUT2D eigenvalue weighted by Crippen LogP contribution is -2.35. The highest BCUT2D eigenvalue weighted by molar-refractivity contribution is 6.30. The summed E-state index contributed by atoms with van der Waals surface area (Å²) in [6.07, 6.45) is 0.391. The number of hydrogen-bond donors (Lipinski definition) is 1. The first-order valence-electron chi connectivity index (χ1n) is 6.30. The summed E-state index contributed by atoms with van der Waals surface area (Å²) in [6, 6.07) is 12.1. The summed E-state index contributed by atoms with van der Waals surface area (Å²) in [5.41, 5.74) is 7.14. The molecule has 20 heavy (non-hydrogen) atoms. The van der Waals surface area contributed by atoms with Crippen molar-refractivity contribution >= 4 is 11.6 Å². The zero-order chi connectivity index (χ0) is 14.8. The van der Waals surface area contributed by atoms with Gasteiger partial charge in [-0.2, -0.15) is 0 Å². The second-order valence-electron chi connectivity index (χ2n) is 5.06. The third kappa shape index (κ3) is 3.30. The monoisotopic (exact) mass is 293 g/mol. The van der Waals surface area contributed by atoms with Crippen molar-refractivity contribution in [2.24, 2.45) is 5.73 Å². The molecule has 0 saturated heterocycles. The molecule has 0 aliphatic heterocycles. The van der Waals surface area contributed by atoms with E-state index in [2.05, 4.69) is 0 Å². The summed E-state index contributed by atoms with van der Waals surface area (Å²) in [6.45, 7) is 1.88. The molecular formula is C16H17ClFNO. The lowest BCUT2D eigenvalue weighted by Gasteiger charge is -2.26. The van der Waals surface area contributed by atoms with Crippen molar-refractivity contribution in [2.75, 3.05) is 7.11 Å². The smallest absolute Gasteiger partial charge is 0.127 e. The van der Waals surface area contributed by atoms with Gasteiger partial charge >= 0.3 is 0 Å². The fourth-order valence-corrected chi connectivity index (χ4v) is 2.29. The van der Waals surface area contributed by atoms with Crippen LogP contribution < -0.4 is 10.5 Å². The molecule has 2 aromatic rings. The first kappa shape index (κ1) is 14.8. The van der Waals surface area contributed by atoms with E-state index in [0.29, 0.717) is 17.0 Å². The maximum absolute atomic E-state index is 13.9. The van der Waals surface area contributed by atoms with Crippen molar-refractivity contribution in [1.82, 2.24) is 0 Å².